The molecule has 3 heteroatoms. The van der Waals surface area contributed by atoms with Gasteiger partial charge in [-0.1, -0.05) is 0 Å². The summed E-state index contributed by atoms with van der Waals surface area (Å²) >= 11 is 0. The Morgan fingerprint density at radius 3 is 2.71 bits per heavy atom. The molecule has 40 valence electrons. The molecule has 0 fully saturated rings. The highest BCUT2D eigenvalue weighted by atomic mass is 14.9. The monoisotopic (exact) mass is 99.1 g/mol. The van der Waals surface area contributed by atoms with Crippen molar-refractivity contribution in [1.29, 1.82) is 0 Å². The molecule has 0 aromatic rings. The van der Waals surface area contributed by atoms with E-state index in [9.17, 15) is 0 Å². The highest BCUT2D eigenvalue weighted by Gasteiger charge is 1.56. The van der Waals surface area contributed by atoms with Gasteiger partial charge in [0.1, 0.15) is 0 Å². The Kier molecular flexibility index (Phi) is 4.84. The molecule has 0 spiro atoms. The van der Waals surface area contributed by atoms with E-state index < -0.39 is 0 Å². The second-order valence-corrected chi connectivity index (χ2v) is 0.915. The summed E-state index contributed by atoms with van der Waals surface area (Å²) in [6.07, 6.45) is 0. The van der Waals surface area contributed by atoms with E-state index >= 15 is 0 Å². The Morgan fingerprint density at radius 1 is 1.57 bits per heavy atom. The maximum absolute atomic E-state index is 4.98. The quantitative estimate of drug-likeness (QED) is 0.490. The fourth-order valence-electron chi connectivity index (χ4n) is 0.162. The van der Waals surface area contributed by atoms with Gasteiger partial charge < -0.3 is 5.73 Å². The van der Waals surface area contributed by atoms with Gasteiger partial charge in [0.05, 0.1) is 12.7 Å². The van der Waals surface area contributed by atoms with Crippen molar-refractivity contribution in [2.24, 2.45) is 15.7 Å². The van der Waals surface area contributed by atoms with Crippen molar-refractivity contribution < 1.29 is 0 Å². The summed E-state index contributed by atoms with van der Waals surface area (Å²) in [6.45, 7) is 2.92. The summed E-state index contributed by atoms with van der Waals surface area (Å²) in [5.74, 6) is 0. The first-order valence-electron chi connectivity index (χ1n) is 2.20. The van der Waals surface area contributed by atoms with E-state index in [0.717, 1.165) is 6.54 Å². The van der Waals surface area contributed by atoms with E-state index in [0.29, 0.717) is 0 Å². The second-order valence-electron chi connectivity index (χ2n) is 0.915. The van der Waals surface area contributed by atoms with E-state index in [1.54, 1.807) is 0 Å². The van der Waals surface area contributed by atoms with Crippen LogP contribution in [0.15, 0.2) is 9.98 Å². The topological polar surface area (TPSA) is 50.7 Å². The van der Waals surface area contributed by atoms with Gasteiger partial charge in [-0.3, -0.25) is 0 Å². The maximum Gasteiger partial charge on any atom is 0.0970 e. The molecule has 0 saturated heterocycles. The van der Waals surface area contributed by atoms with E-state index in [1.807, 2.05) is 6.92 Å². The standard InChI is InChI=1S/C4H9N3/c1-2-6-4-7-3-5/h2-3,5H2,1H3. The predicted octanol–water partition coefficient (Wildman–Crippen LogP) is 0.0964. The van der Waals surface area contributed by atoms with E-state index in [2.05, 4.69) is 16.0 Å². The molecule has 0 rings (SSSR count). The molecule has 0 bridgehead atoms. The number of rotatable bonds is 2. The molecule has 0 amide bonds. The predicted molar refractivity (Wildman–Crippen MR) is 29.5 cm³/mol. The Hall–Kier alpha value is -0.660. The van der Waals surface area contributed by atoms with Crippen LogP contribution in [0.2, 0.25) is 0 Å². The van der Waals surface area contributed by atoms with Crippen LogP contribution in [0.25, 0.3) is 0 Å². The molecule has 0 aromatic carbocycles. The van der Waals surface area contributed by atoms with Gasteiger partial charge in [0.2, 0.25) is 0 Å². The number of hydrogen-bond acceptors (Lipinski definition) is 3. The molecule has 0 unspecified atom stereocenters. The van der Waals surface area contributed by atoms with Gasteiger partial charge >= 0.3 is 0 Å². The van der Waals surface area contributed by atoms with Crippen molar-refractivity contribution in [2.45, 2.75) is 6.92 Å². The normalized spacial score (nSPS) is 7.14. The smallest absolute Gasteiger partial charge is 0.0970 e. The Bertz CT molecular complexity index is 72.9. The molecule has 0 saturated carbocycles. The highest BCUT2D eigenvalue weighted by molar-refractivity contribution is 5.40. The number of nitrogens with two attached hydrogens (primary N) is 1. The largest absolute Gasteiger partial charge is 0.312 e. The Morgan fingerprint density at radius 2 is 2.29 bits per heavy atom. The van der Waals surface area contributed by atoms with E-state index in [-0.39, 0.29) is 6.67 Å². The third-order valence-electron chi connectivity index (χ3n) is 0.391. The third kappa shape index (κ3) is 5.34. The average molecular weight is 99.1 g/mol. The summed E-state index contributed by atoms with van der Waals surface area (Å²) in [5, 5.41) is 0. The van der Waals surface area contributed by atoms with Gasteiger partial charge in [-0.05, 0) is 6.92 Å². The summed E-state index contributed by atoms with van der Waals surface area (Å²) in [5.41, 5.74) is 4.98. The van der Waals surface area contributed by atoms with Crippen molar-refractivity contribution in [3.05, 3.63) is 0 Å². The zero-order valence-electron chi connectivity index (χ0n) is 4.39. The zero-order valence-corrected chi connectivity index (χ0v) is 4.39. The van der Waals surface area contributed by atoms with Gasteiger partial charge in [0.25, 0.3) is 0 Å². The fraction of sp³-hybridized carbons (Fsp3) is 0.750. The van der Waals surface area contributed by atoms with Crippen LogP contribution in [-0.2, 0) is 0 Å². The van der Waals surface area contributed by atoms with E-state index in [1.165, 1.54) is 0 Å². The van der Waals surface area contributed by atoms with Gasteiger partial charge in [-0.15, -0.1) is 0 Å². The molecule has 0 aliphatic carbocycles. The molecular formula is C4H9N3. The second kappa shape index (κ2) is 5.34. The molecule has 2 N–H and O–H groups in total. The third-order valence-corrected chi connectivity index (χ3v) is 0.391. The van der Waals surface area contributed by atoms with Crippen LogP contribution in [0.1, 0.15) is 6.92 Å². The molecule has 7 heavy (non-hydrogen) atoms. The Balaban J connectivity index is 3.21. The molecule has 0 atom stereocenters. The van der Waals surface area contributed by atoms with Crippen LogP contribution < -0.4 is 5.73 Å². The van der Waals surface area contributed by atoms with E-state index in [4.69, 9.17) is 5.73 Å². The van der Waals surface area contributed by atoms with Crippen molar-refractivity contribution in [3.63, 3.8) is 0 Å². The molecule has 0 aromatic heterocycles. The minimum Gasteiger partial charge on any atom is -0.312 e. The summed E-state index contributed by atoms with van der Waals surface area (Å²) < 4.78 is 0. The summed E-state index contributed by atoms with van der Waals surface area (Å²) in [6, 6.07) is 2.41. The first kappa shape index (κ1) is 6.34. The number of aliphatic imine (C=N–C) groups is 2. The van der Waals surface area contributed by atoms with Crippen molar-refractivity contribution >= 4 is 6.01 Å². The van der Waals surface area contributed by atoms with Crippen LogP contribution in [0.4, 0.5) is 0 Å². The van der Waals surface area contributed by atoms with Gasteiger partial charge in [0, 0.05) is 6.54 Å². The van der Waals surface area contributed by atoms with Gasteiger partial charge in [-0.25, -0.2) is 9.98 Å². The lowest BCUT2D eigenvalue weighted by molar-refractivity contribution is 1.06. The van der Waals surface area contributed by atoms with Gasteiger partial charge in [0.15, 0.2) is 0 Å². The Labute approximate surface area is 43.0 Å². The summed E-state index contributed by atoms with van der Waals surface area (Å²) in [7, 11) is 0. The maximum atomic E-state index is 4.98. The van der Waals surface area contributed by atoms with Crippen molar-refractivity contribution in [2.75, 3.05) is 13.2 Å². The minimum atomic E-state index is 0.281. The molecule has 0 heterocycles. The van der Waals surface area contributed by atoms with Crippen LogP contribution in [-0.4, -0.2) is 19.2 Å². The molecule has 0 radical (unpaired) electrons. The van der Waals surface area contributed by atoms with Gasteiger partial charge in [-0.2, -0.15) is 0 Å². The van der Waals surface area contributed by atoms with Crippen molar-refractivity contribution in [1.82, 2.24) is 0 Å². The highest BCUT2D eigenvalue weighted by Crippen LogP contribution is 1.57. The first-order chi connectivity index (χ1) is 3.41. The van der Waals surface area contributed by atoms with Crippen LogP contribution in [0.3, 0.4) is 0 Å². The number of hydrogen-bond donors (Lipinski definition) is 1. The summed E-state index contributed by atoms with van der Waals surface area (Å²) in [4.78, 5) is 7.19. The molecule has 0 aliphatic heterocycles. The molecule has 0 aliphatic rings. The minimum absolute atomic E-state index is 0.281. The lowest BCUT2D eigenvalue weighted by Gasteiger charge is -1.69. The van der Waals surface area contributed by atoms with Crippen LogP contribution in [0.5, 0.6) is 0 Å². The van der Waals surface area contributed by atoms with Crippen LogP contribution >= 0.6 is 0 Å². The molecular weight excluding hydrogens is 90.1 g/mol. The lowest BCUT2D eigenvalue weighted by atomic mass is 10.8. The fourth-order valence-corrected chi connectivity index (χ4v) is 0.162. The first-order valence-corrected chi connectivity index (χ1v) is 2.20. The number of nitrogens with zero attached hydrogens (tertiary/aromatic N) is 2. The lowest BCUT2D eigenvalue weighted by Crippen LogP contribution is -1.91. The SMILES string of the molecule is CCN=C=NCN. The van der Waals surface area contributed by atoms with Crippen molar-refractivity contribution in [3.8, 4) is 0 Å². The zero-order chi connectivity index (χ0) is 5.54. The average Bonchev–Trinajstić information content (AvgIpc) is 1.69. The molecule has 3 nitrogen and oxygen atoms in total. The van der Waals surface area contributed by atoms with Crippen LogP contribution in [0, 0.1) is 0 Å².